The van der Waals surface area contributed by atoms with Gasteiger partial charge in [-0.1, -0.05) is 47.5 Å². The molecule has 0 saturated heterocycles. The van der Waals surface area contributed by atoms with Crippen LogP contribution in [-0.4, -0.2) is 0 Å². The first-order valence-electron chi connectivity index (χ1n) is 5.29. The molecule has 0 heterocycles. The second-order valence-corrected chi connectivity index (χ2v) is 4.71. The second-order valence-electron chi connectivity index (χ2n) is 3.86. The Morgan fingerprint density at radius 2 is 2.21 bits per heavy atom. The highest BCUT2D eigenvalue weighted by Gasteiger charge is 2.09. The average Bonchev–Trinajstić information content (AvgIpc) is 2.63. The Morgan fingerprint density at radius 3 is 3.00 bits per heavy atom. The van der Waals surface area contributed by atoms with Crippen molar-refractivity contribution in [1.29, 1.82) is 0 Å². The molecule has 0 aromatic heterocycles. The molecular formula is C13H15Br. The summed E-state index contributed by atoms with van der Waals surface area (Å²) in [7, 11) is 0. The Labute approximate surface area is 94.2 Å². The van der Waals surface area contributed by atoms with Gasteiger partial charge in [0.2, 0.25) is 0 Å². The number of halogens is 1. The van der Waals surface area contributed by atoms with E-state index in [2.05, 4.69) is 47.1 Å². The third-order valence-electron chi connectivity index (χ3n) is 2.72. The highest BCUT2D eigenvalue weighted by Crippen LogP contribution is 2.29. The first-order chi connectivity index (χ1) is 6.81. The van der Waals surface area contributed by atoms with Crippen molar-refractivity contribution in [2.75, 3.05) is 0 Å². The Morgan fingerprint density at radius 1 is 1.36 bits per heavy atom. The topological polar surface area (TPSA) is 0 Å². The molecule has 1 aromatic carbocycles. The molecule has 0 saturated carbocycles. The fourth-order valence-electron chi connectivity index (χ4n) is 1.92. The summed E-state index contributed by atoms with van der Waals surface area (Å²) in [6, 6.07) is 4.62. The maximum Gasteiger partial charge on any atom is 0.0253 e. The minimum absolute atomic E-state index is 1.11. The highest BCUT2D eigenvalue weighted by atomic mass is 79.9. The number of rotatable bonds is 3. The van der Waals surface area contributed by atoms with E-state index in [1.165, 1.54) is 40.4 Å². The van der Waals surface area contributed by atoms with E-state index >= 15 is 0 Å². The molecule has 0 bridgehead atoms. The van der Waals surface area contributed by atoms with Gasteiger partial charge in [-0.15, -0.1) is 0 Å². The number of unbranched alkanes of at least 4 members (excludes halogenated alkanes) is 1. The van der Waals surface area contributed by atoms with Crippen LogP contribution < -0.4 is 0 Å². The van der Waals surface area contributed by atoms with Gasteiger partial charge in [0.15, 0.2) is 0 Å². The van der Waals surface area contributed by atoms with Crippen LogP contribution in [-0.2, 0) is 12.8 Å². The molecule has 74 valence electrons. The van der Waals surface area contributed by atoms with Gasteiger partial charge in [0, 0.05) is 4.47 Å². The first-order valence-corrected chi connectivity index (χ1v) is 6.08. The number of aryl methyl sites for hydroxylation is 1. The van der Waals surface area contributed by atoms with E-state index in [9.17, 15) is 0 Å². The van der Waals surface area contributed by atoms with Crippen molar-refractivity contribution in [3.63, 3.8) is 0 Å². The number of hydrogen-bond acceptors (Lipinski definition) is 0. The second kappa shape index (κ2) is 4.31. The number of benzene rings is 1. The minimum Gasteiger partial charge on any atom is -0.0795 e. The van der Waals surface area contributed by atoms with Gasteiger partial charge in [0.1, 0.15) is 0 Å². The van der Waals surface area contributed by atoms with Crippen LogP contribution in [0.5, 0.6) is 0 Å². The SMILES string of the molecule is CCCCc1cc(Br)c2c(c1)CC=C2. The molecule has 0 atom stereocenters. The normalized spacial score (nSPS) is 13.3. The molecule has 1 aliphatic carbocycles. The maximum atomic E-state index is 3.64. The molecule has 2 rings (SSSR count). The van der Waals surface area contributed by atoms with Crippen LogP contribution in [0.4, 0.5) is 0 Å². The van der Waals surface area contributed by atoms with Gasteiger partial charge in [-0.3, -0.25) is 0 Å². The average molecular weight is 251 g/mol. The molecule has 0 radical (unpaired) electrons. The van der Waals surface area contributed by atoms with E-state index in [-0.39, 0.29) is 0 Å². The van der Waals surface area contributed by atoms with Gasteiger partial charge in [-0.2, -0.15) is 0 Å². The molecule has 0 fully saturated rings. The fraction of sp³-hybridized carbons (Fsp3) is 0.385. The monoisotopic (exact) mass is 250 g/mol. The lowest BCUT2D eigenvalue weighted by Crippen LogP contribution is -1.90. The Kier molecular flexibility index (Phi) is 3.07. The minimum atomic E-state index is 1.11. The van der Waals surface area contributed by atoms with E-state index in [1.54, 1.807) is 0 Å². The number of fused-ring (bicyclic) bond motifs is 1. The molecule has 0 amide bonds. The summed E-state index contributed by atoms with van der Waals surface area (Å²) in [5, 5.41) is 0. The first kappa shape index (κ1) is 9.97. The van der Waals surface area contributed by atoms with Crippen LogP contribution >= 0.6 is 15.9 Å². The fourth-order valence-corrected chi connectivity index (χ4v) is 2.60. The van der Waals surface area contributed by atoms with Crippen LogP contribution in [0.2, 0.25) is 0 Å². The summed E-state index contributed by atoms with van der Waals surface area (Å²) in [6.45, 7) is 2.24. The Bertz CT molecular complexity index is 364. The van der Waals surface area contributed by atoms with Gasteiger partial charge >= 0.3 is 0 Å². The van der Waals surface area contributed by atoms with Gasteiger partial charge in [-0.25, -0.2) is 0 Å². The summed E-state index contributed by atoms with van der Waals surface area (Å²) in [6.07, 6.45) is 9.32. The van der Waals surface area contributed by atoms with Gasteiger partial charge < -0.3 is 0 Å². The molecule has 0 nitrogen and oxygen atoms in total. The number of hydrogen-bond donors (Lipinski definition) is 0. The Balaban J connectivity index is 2.25. The quantitative estimate of drug-likeness (QED) is 0.748. The summed E-state index contributed by atoms with van der Waals surface area (Å²) in [5.74, 6) is 0. The van der Waals surface area contributed by atoms with Gasteiger partial charge in [0.05, 0.1) is 0 Å². The van der Waals surface area contributed by atoms with E-state index in [0.717, 1.165) is 6.42 Å². The molecule has 0 unspecified atom stereocenters. The predicted octanol–water partition coefficient (Wildman–Crippen LogP) is 4.36. The largest absolute Gasteiger partial charge is 0.0795 e. The van der Waals surface area contributed by atoms with Crippen molar-refractivity contribution < 1.29 is 0 Å². The standard InChI is InChI=1S/C13H15Br/c1-2-3-5-10-8-11-6-4-7-12(11)13(14)9-10/h4,7-9H,2-3,5-6H2,1H3. The highest BCUT2D eigenvalue weighted by molar-refractivity contribution is 9.10. The maximum absolute atomic E-state index is 3.64. The lowest BCUT2D eigenvalue weighted by atomic mass is 10.0. The van der Waals surface area contributed by atoms with Gasteiger partial charge in [0.25, 0.3) is 0 Å². The van der Waals surface area contributed by atoms with Crippen molar-refractivity contribution in [1.82, 2.24) is 0 Å². The summed E-state index contributed by atoms with van der Waals surface area (Å²) in [5.41, 5.74) is 4.33. The van der Waals surface area contributed by atoms with Crippen LogP contribution in [0.3, 0.4) is 0 Å². The zero-order chi connectivity index (χ0) is 9.97. The van der Waals surface area contributed by atoms with Crippen LogP contribution in [0.15, 0.2) is 22.7 Å². The zero-order valence-electron chi connectivity index (χ0n) is 8.52. The molecule has 14 heavy (non-hydrogen) atoms. The molecule has 1 aromatic rings. The van der Waals surface area contributed by atoms with Crippen LogP contribution in [0.1, 0.15) is 36.5 Å². The van der Waals surface area contributed by atoms with Gasteiger partial charge in [-0.05, 0) is 42.0 Å². The molecule has 0 N–H and O–H groups in total. The van der Waals surface area contributed by atoms with Crippen molar-refractivity contribution in [3.8, 4) is 0 Å². The Hall–Kier alpha value is -0.560. The smallest absolute Gasteiger partial charge is 0.0253 e. The third kappa shape index (κ3) is 1.93. The van der Waals surface area contributed by atoms with Crippen molar-refractivity contribution >= 4 is 22.0 Å². The lowest BCUT2D eigenvalue weighted by molar-refractivity contribution is 0.794. The molecule has 0 aliphatic heterocycles. The molecule has 0 spiro atoms. The predicted molar refractivity (Wildman–Crippen MR) is 65.5 cm³/mol. The molecule has 1 aliphatic rings. The summed E-state index contributed by atoms with van der Waals surface area (Å²) in [4.78, 5) is 0. The van der Waals surface area contributed by atoms with Crippen molar-refractivity contribution in [2.45, 2.75) is 32.6 Å². The van der Waals surface area contributed by atoms with Crippen LogP contribution in [0.25, 0.3) is 6.08 Å². The number of allylic oxidation sites excluding steroid dienone is 1. The van der Waals surface area contributed by atoms with Crippen molar-refractivity contribution in [2.24, 2.45) is 0 Å². The molecular weight excluding hydrogens is 236 g/mol. The summed E-state index contributed by atoms with van der Waals surface area (Å²) < 4.78 is 1.26. The lowest BCUT2D eigenvalue weighted by Gasteiger charge is -2.06. The zero-order valence-corrected chi connectivity index (χ0v) is 10.1. The summed E-state index contributed by atoms with van der Waals surface area (Å²) >= 11 is 3.64. The van der Waals surface area contributed by atoms with Crippen molar-refractivity contribution in [3.05, 3.63) is 39.4 Å². The molecule has 1 heteroatoms. The third-order valence-corrected chi connectivity index (χ3v) is 3.37. The van der Waals surface area contributed by atoms with E-state index < -0.39 is 0 Å². The van der Waals surface area contributed by atoms with E-state index in [4.69, 9.17) is 0 Å². The van der Waals surface area contributed by atoms with E-state index in [0.29, 0.717) is 0 Å². The van der Waals surface area contributed by atoms with E-state index in [1.807, 2.05) is 0 Å². The van der Waals surface area contributed by atoms with Crippen LogP contribution in [0, 0.1) is 0 Å².